The Bertz CT molecular complexity index is 982. The predicted octanol–water partition coefficient (Wildman–Crippen LogP) is 5.77. The van der Waals surface area contributed by atoms with Crippen molar-refractivity contribution >= 4 is 28.2 Å². The van der Waals surface area contributed by atoms with Crippen molar-refractivity contribution in [2.24, 2.45) is 0 Å². The minimum Gasteiger partial charge on any atom is -0.451 e. The zero-order valence-electron chi connectivity index (χ0n) is 17.6. The lowest BCUT2D eigenvalue weighted by Gasteiger charge is -2.30. The van der Waals surface area contributed by atoms with Crippen LogP contribution in [-0.4, -0.2) is 30.4 Å². The van der Waals surface area contributed by atoms with Crippen LogP contribution in [0, 0.1) is 20.8 Å². The van der Waals surface area contributed by atoms with Gasteiger partial charge in [-0.15, -0.1) is 11.3 Å². The van der Waals surface area contributed by atoms with Crippen LogP contribution in [0.1, 0.15) is 63.8 Å². The van der Waals surface area contributed by atoms with Gasteiger partial charge in [0, 0.05) is 22.4 Å². The van der Waals surface area contributed by atoms with Gasteiger partial charge in [-0.05, 0) is 75.3 Å². The molecule has 1 aromatic carbocycles. The van der Waals surface area contributed by atoms with Gasteiger partial charge in [-0.1, -0.05) is 25.0 Å². The number of thiophene rings is 1. The number of aryl methyl sites for hydroxylation is 3. The number of nitrogens with one attached hydrogen (secondary N) is 1. The Balaban J connectivity index is 1.54. The lowest BCUT2D eigenvalue weighted by Crippen LogP contribution is -2.38. The highest BCUT2D eigenvalue weighted by Crippen LogP contribution is 2.30. The van der Waals surface area contributed by atoms with E-state index in [2.05, 4.69) is 47.6 Å². The zero-order valence-corrected chi connectivity index (χ0v) is 18.4. The molecule has 0 bridgehead atoms. The molecule has 1 amide bonds. The quantitative estimate of drug-likeness (QED) is 0.581. The molecule has 1 fully saturated rings. The molecule has 1 N–H and O–H groups in total. The van der Waals surface area contributed by atoms with Crippen LogP contribution in [-0.2, 0) is 0 Å². The maximum atomic E-state index is 13.0. The second-order valence-corrected chi connectivity index (χ2v) is 9.18. The molecule has 0 saturated carbocycles. The summed E-state index contributed by atoms with van der Waals surface area (Å²) in [7, 11) is 0. The average Bonchev–Trinajstić information content (AvgIpc) is 3.23. The summed E-state index contributed by atoms with van der Waals surface area (Å²) in [5.41, 5.74) is 4.03. The molecule has 4 rings (SSSR count). The second kappa shape index (κ2) is 8.72. The molecular weight excluding hydrogens is 380 g/mol. The number of carbonyl (C=O) groups is 1. The van der Waals surface area contributed by atoms with Crippen LogP contribution in [0.4, 0.5) is 0 Å². The van der Waals surface area contributed by atoms with Crippen LogP contribution in [0.25, 0.3) is 11.0 Å². The smallest absolute Gasteiger partial charge is 0.287 e. The number of hydrogen-bond acceptors (Lipinski definition) is 4. The van der Waals surface area contributed by atoms with Crippen molar-refractivity contribution in [1.82, 2.24) is 10.2 Å². The molecule has 29 heavy (non-hydrogen) atoms. The van der Waals surface area contributed by atoms with Gasteiger partial charge in [-0.25, -0.2) is 0 Å². The average molecular weight is 411 g/mol. The van der Waals surface area contributed by atoms with Crippen molar-refractivity contribution in [3.05, 3.63) is 57.0 Å². The Hall–Kier alpha value is -2.11. The first-order chi connectivity index (χ1) is 14.0. The molecule has 1 saturated heterocycles. The van der Waals surface area contributed by atoms with Crippen molar-refractivity contribution in [3.8, 4) is 0 Å². The number of rotatable bonds is 5. The Labute approximate surface area is 176 Å². The fourth-order valence-corrected chi connectivity index (χ4v) is 5.43. The molecule has 0 unspecified atom stereocenters. The van der Waals surface area contributed by atoms with Crippen molar-refractivity contribution < 1.29 is 9.21 Å². The molecule has 1 atom stereocenters. The van der Waals surface area contributed by atoms with E-state index in [9.17, 15) is 4.79 Å². The highest BCUT2D eigenvalue weighted by Gasteiger charge is 2.25. The van der Waals surface area contributed by atoms with Crippen molar-refractivity contribution in [2.45, 2.75) is 52.5 Å². The Morgan fingerprint density at radius 3 is 2.62 bits per heavy atom. The van der Waals surface area contributed by atoms with Crippen LogP contribution >= 0.6 is 11.3 Å². The summed E-state index contributed by atoms with van der Waals surface area (Å²) in [5.74, 6) is 0.321. The van der Waals surface area contributed by atoms with Gasteiger partial charge in [0.25, 0.3) is 5.91 Å². The van der Waals surface area contributed by atoms with Crippen LogP contribution < -0.4 is 5.32 Å². The minimum absolute atomic E-state index is 0.118. The van der Waals surface area contributed by atoms with E-state index in [-0.39, 0.29) is 11.9 Å². The second-order valence-electron chi connectivity index (χ2n) is 8.20. The summed E-state index contributed by atoms with van der Waals surface area (Å²) in [6.45, 7) is 8.91. The molecule has 0 aliphatic carbocycles. The lowest BCUT2D eigenvalue weighted by atomic mass is 10.0. The number of hydrogen-bond donors (Lipinski definition) is 1. The largest absolute Gasteiger partial charge is 0.451 e. The van der Waals surface area contributed by atoms with Gasteiger partial charge in [0.15, 0.2) is 5.76 Å². The van der Waals surface area contributed by atoms with Crippen LogP contribution in [0.15, 0.2) is 34.1 Å². The van der Waals surface area contributed by atoms with Gasteiger partial charge >= 0.3 is 0 Å². The molecule has 0 radical (unpaired) electrons. The van der Waals surface area contributed by atoms with E-state index < -0.39 is 0 Å². The molecule has 3 heterocycles. The van der Waals surface area contributed by atoms with Gasteiger partial charge in [0.1, 0.15) is 5.58 Å². The number of likely N-dealkylation sites (tertiary alicyclic amines) is 1. The van der Waals surface area contributed by atoms with Gasteiger partial charge in [-0.3, -0.25) is 9.69 Å². The van der Waals surface area contributed by atoms with E-state index in [0.29, 0.717) is 12.3 Å². The normalized spacial score (nSPS) is 16.7. The van der Waals surface area contributed by atoms with Crippen molar-refractivity contribution in [1.29, 1.82) is 0 Å². The first-order valence-electron chi connectivity index (χ1n) is 10.6. The van der Waals surface area contributed by atoms with Crippen molar-refractivity contribution in [3.63, 3.8) is 0 Å². The topological polar surface area (TPSA) is 45.5 Å². The summed E-state index contributed by atoms with van der Waals surface area (Å²) in [4.78, 5) is 16.9. The van der Waals surface area contributed by atoms with Gasteiger partial charge < -0.3 is 9.73 Å². The Morgan fingerprint density at radius 1 is 1.17 bits per heavy atom. The SMILES string of the molecule is Cc1cc(C)c2c(C)c(C(=O)NC[C@H](c3cccs3)N3CCCCCC3)oc2c1. The number of fused-ring (bicyclic) bond motifs is 1. The first kappa shape index (κ1) is 20.2. The molecular formula is C24H30N2O2S. The lowest BCUT2D eigenvalue weighted by molar-refractivity contribution is 0.0907. The molecule has 154 valence electrons. The van der Waals surface area contributed by atoms with Gasteiger partial charge in [0.2, 0.25) is 0 Å². The van der Waals surface area contributed by atoms with E-state index >= 15 is 0 Å². The zero-order chi connectivity index (χ0) is 20.4. The third-order valence-corrected chi connectivity index (χ3v) is 6.96. The minimum atomic E-state index is -0.118. The summed E-state index contributed by atoms with van der Waals surface area (Å²) in [6, 6.07) is 8.66. The molecule has 5 heteroatoms. The maximum Gasteiger partial charge on any atom is 0.287 e. The highest BCUT2D eigenvalue weighted by molar-refractivity contribution is 7.10. The fourth-order valence-electron chi connectivity index (χ4n) is 4.57. The van der Waals surface area contributed by atoms with E-state index in [1.54, 1.807) is 11.3 Å². The van der Waals surface area contributed by atoms with Crippen LogP contribution in [0.5, 0.6) is 0 Å². The summed E-state index contributed by atoms with van der Waals surface area (Å²) in [5, 5.41) is 6.35. The monoisotopic (exact) mass is 410 g/mol. The number of carbonyl (C=O) groups excluding carboxylic acids is 1. The third kappa shape index (κ3) is 4.26. The van der Waals surface area contributed by atoms with Gasteiger partial charge in [0.05, 0.1) is 6.04 Å². The molecule has 1 aliphatic heterocycles. The van der Waals surface area contributed by atoms with Crippen LogP contribution in [0.2, 0.25) is 0 Å². The summed E-state index contributed by atoms with van der Waals surface area (Å²) in [6.07, 6.45) is 5.07. The Morgan fingerprint density at radius 2 is 1.93 bits per heavy atom. The number of nitrogens with zero attached hydrogens (tertiary/aromatic N) is 1. The molecule has 3 aromatic rings. The molecule has 4 nitrogen and oxygen atoms in total. The van der Waals surface area contributed by atoms with E-state index in [0.717, 1.165) is 40.7 Å². The number of furan rings is 1. The number of amides is 1. The molecule has 0 spiro atoms. The predicted molar refractivity (Wildman–Crippen MR) is 120 cm³/mol. The number of benzene rings is 1. The van der Waals surface area contributed by atoms with Crippen LogP contribution in [0.3, 0.4) is 0 Å². The Kier molecular flexibility index (Phi) is 6.07. The summed E-state index contributed by atoms with van der Waals surface area (Å²) < 4.78 is 5.99. The molecule has 1 aliphatic rings. The van der Waals surface area contributed by atoms with E-state index in [4.69, 9.17) is 4.42 Å². The van der Waals surface area contributed by atoms with E-state index in [1.165, 1.54) is 30.6 Å². The summed E-state index contributed by atoms with van der Waals surface area (Å²) >= 11 is 1.77. The third-order valence-electron chi connectivity index (χ3n) is 5.99. The van der Waals surface area contributed by atoms with Crippen molar-refractivity contribution in [2.75, 3.05) is 19.6 Å². The maximum absolute atomic E-state index is 13.0. The standard InChI is InChI=1S/C24H30N2O2S/c1-16-13-17(2)22-18(3)23(28-20(22)14-16)24(27)25-15-19(21-9-8-12-29-21)26-10-6-4-5-7-11-26/h8-9,12-14,19H,4-7,10-11,15H2,1-3H3,(H,25,27)/t19-/m1/s1. The van der Waals surface area contributed by atoms with Gasteiger partial charge in [-0.2, -0.15) is 0 Å². The first-order valence-corrected chi connectivity index (χ1v) is 11.5. The highest BCUT2D eigenvalue weighted by atomic mass is 32.1. The fraction of sp³-hybridized carbons (Fsp3) is 0.458. The van der Waals surface area contributed by atoms with E-state index in [1.807, 2.05) is 13.0 Å². The molecule has 2 aromatic heterocycles.